The predicted molar refractivity (Wildman–Crippen MR) is 95.5 cm³/mol. The van der Waals surface area contributed by atoms with Crippen LogP contribution in [0.15, 0.2) is 54.6 Å². The summed E-state index contributed by atoms with van der Waals surface area (Å²) >= 11 is 0. The van der Waals surface area contributed by atoms with E-state index in [1.165, 1.54) is 7.11 Å². The van der Waals surface area contributed by atoms with E-state index in [1.807, 2.05) is 30.3 Å². The van der Waals surface area contributed by atoms with Gasteiger partial charge in [0, 0.05) is 12.6 Å². The maximum absolute atomic E-state index is 13.0. The van der Waals surface area contributed by atoms with Gasteiger partial charge in [0.05, 0.1) is 19.1 Å². The van der Waals surface area contributed by atoms with Crippen LogP contribution in [-0.4, -0.2) is 43.4 Å². The third-order valence-corrected chi connectivity index (χ3v) is 4.64. The Balaban J connectivity index is 2.05. The van der Waals surface area contributed by atoms with Gasteiger partial charge in [-0.3, -0.25) is 14.4 Å². The maximum Gasteiger partial charge on any atom is 0.325 e. The largest absolute Gasteiger partial charge is 0.468 e. The van der Waals surface area contributed by atoms with Crippen LogP contribution >= 0.6 is 0 Å². The highest BCUT2D eigenvalue weighted by molar-refractivity contribution is 6.01. The quantitative estimate of drug-likeness (QED) is 0.853. The molecule has 6 heteroatoms. The Morgan fingerprint density at radius 1 is 1.08 bits per heavy atom. The lowest BCUT2D eigenvalue weighted by Gasteiger charge is -2.39. The number of amides is 2. The zero-order valence-electron chi connectivity index (χ0n) is 14.6. The van der Waals surface area contributed by atoms with Crippen LogP contribution in [0.2, 0.25) is 0 Å². The van der Waals surface area contributed by atoms with Gasteiger partial charge in [-0.05, 0) is 17.2 Å². The van der Waals surface area contributed by atoms with Gasteiger partial charge in [-0.2, -0.15) is 0 Å². The van der Waals surface area contributed by atoms with Crippen LogP contribution in [0.25, 0.3) is 0 Å². The number of ether oxygens (including phenoxy) is 1. The average Bonchev–Trinajstić information content (AvgIpc) is 2.69. The molecule has 0 radical (unpaired) electrons. The molecular formula is C20H20N2O4. The molecule has 134 valence electrons. The van der Waals surface area contributed by atoms with E-state index in [2.05, 4.69) is 10.1 Å². The number of hydrogen-bond acceptors (Lipinski definition) is 4. The van der Waals surface area contributed by atoms with E-state index >= 15 is 0 Å². The molecule has 0 spiro atoms. The number of likely N-dealkylation sites (N-methyl/N-ethyl adjacent to an activating group) is 1. The molecule has 26 heavy (non-hydrogen) atoms. The lowest BCUT2D eigenvalue weighted by atomic mass is 9.79. The monoisotopic (exact) mass is 352 g/mol. The Morgan fingerprint density at radius 2 is 1.73 bits per heavy atom. The maximum atomic E-state index is 13.0. The normalized spacial score (nSPS) is 18.8. The number of rotatable bonds is 4. The van der Waals surface area contributed by atoms with Gasteiger partial charge in [-0.1, -0.05) is 48.5 Å². The van der Waals surface area contributed by atoms with Gasteiger partial charge in [0.1, 0.15) is 6.54 Å². The summed E-state index contributed by atoms with van der Waals surface area (Å²) in [4.78, 5) is 38.8. The Kier molecular flexibility index (Phi) is 5.02. The first-order valence-electron chi connectivity index (χ1n) is 8.30. The summed E-state index contributed by atoms with van der Waals surface area (Å²) in [7, 11) is 2.96. The smallest absolute Gasteiger partial charge is 0.325 e. The van der Waals surface area contributed by atoms with Crippen molar-refractivity contribution in [3.05, 3.63) is 71.3 Å². The summed E-state index contributed by atoms with van der Waals surface area (Å²) in [6.07, 6.45) is 0. The van der Waals surface area contributed by atoms with Crippen LogP contribution in [0.1, 0.15) is 33.4 Å². The molecule has 6 nitrogen and oxygen atoms in total. The van der Waals surface area contributed by atoms with E-state index < -0.39 is 17.9 Å². The van der Waals surface area contributed by atoms with Gasteiger partial charge in [0.25, 0.3) is 5.91 Å². The molecule has 0 saturated heterocycles. The van der Waals surface area contributed by atoms with Crippen molar-refractivity contribution in [1.82, 2.24) is 10.2 Å². The van der Waals surface area contributed by atoms with Crippen LogP contribution < -0.4 is 5.32 Å². The summed E-state index contributed by atoms with van der Waals surface area (Å²) in [5.74, 6) is -1.60. The van der Waals surface area contributed by atoms with Gasteiger partial charge in [0.2, 0.25) is 5.91 Å². The second-order valence-electron chi connectivity index (χ2n) is 6.13. The van der Waals surface area contributed by atoms with E-state index in [0.717, 1.165) is 5.56 Å². The second-order valence-corrected chi connectivity index (χ2v) is 6.13. The highest BCUT2D eigenvalue weighted by Crippen LogP contribution is 2.41. The number of methoxy groups -OCH3 is 1. The molecule has 0 unspecified atom stereocenters. The number of nitrogens with one attached hydrogen (secondary N) is 1. The number of esters is 1. The van der Waals surface area contributed by atoms with Crippen molar-refractivity contribution in [2.45, 2.75) is 12.0 Å². The molecule has 2 aromatic rings. The van der Waals surface area contributed by atoms with E-state index in [0.29, 0.717) is 11.1 Å². The van der Waals surface area contributed by atoms with Crippen molar-refractivity contribution >= 4 is 17.8 Å². The Labute approximate surface area is 151 Å². The molecule has 0 aromatic heterocycles. The summed E-state index contributed by atoms with van der Waals surface area (Å²) in [6.45, 7) is -0.215. The molecule has 0 bridgehead atoms. The van der Waals surface area contributed by atoms with Crippen LogP contribution in [0.3, 0.4) is 0 Å². The Morgan fingerprint density at radius 3 is 2.42 bits per heavy atom. The molecule has 1 aliphatic heterocycles. The minimum Gasteiger partial charge on any atom is -0.468 e. The van der Waals surface area contributed by atoms with Crippen LogP contribution in [-0.2, 0) is 14.3 Å². The zero-order valence-corrected chi connectivity index (χ0v) is 14.6. The fraction of sp³-hybridized carbons (Fsp3) is 0.250. The van der Waals surface area contributed by atoms with Gasteiger partial charge >= 0.3 is 5.97 Å². The van der Waals surface area contributed by atoms with E-state index in [1.54, 1.807) is 36.2 Å². The molecule has 2 atom stereocenters. The summed E-state index contributed by atoms with van der Waals surface area (Å²) < 4.78 is 4.59. The van der Waals surface area contributed by atoms with Crippen molar-refractivity contribution in [3.63, 3.8) is 0 Å². The SMILES string of the molecule is COC(=O)CNC(=O)[C@H]1c2ccccc2C(=O)N(C)[C@H]1c1ccccc1. The topological polar surface area (TPSA) is 75.7 Å². The van der Waals surface area contributed by atoms with Crippen LogP contribution in [0.5, 0.6) is 0 Å². The molecule has 1 aliphatic rings. The minimum absolute atomic E-state index is 0.133. The number of carbonyl (C=O) groups excluding carboxylic acids is 3. The van der Waals surface area contributed by atoms with Crippen molar-refractivity contribution in [2.24, 2.45) is 0 Å². The summed E-state index contributed by atoms with van der Waals surface area (Å²) in [5, 5.41) is 2.63. The van der Waals surface area contributed by atoms with Crippen LogP contribution in [0.4, 0.5) is 0 Å². The standard InChI is InChI=1S/C20H20N2O4/c1-22-18(13-8-4-3-5-9-13)17(19(24)21-12-16(23)26-2)14-10-6-7-11-15(14)20(22)25/h3-11,17-18H,12H2,1-2H3,(H,21,24)/t17-,18-/m0/s1. The Hall–Kier alpha value is -3.15. The highest BCUT2D eigenvalue weighted by Gasteiger charge is 2.42. The number of carbonyl (C=O) groups is 3. The van der Waals surface area contributed by atoms with Crippen molar-refractivity contribution in [1.29, 1.82) is 0 Å². The number of fused-ring (bicyclic) bond motifs is 1. The number of benzene rings is 2. The molecule has 0 fully saturated rings. The van der Waals surface area contributed by atoms with E-state index in [-0.39, 0.29) is 18.4 Å². The lowest BCUT2D eigenvalue weighted by molar-refractivity contribution is -0.141. The van der Waals surface area contributed by atoms with Gasteiger partial charge in [0.15, 0.2) is 0 Å². The molecular weight excluding hydrogens is 332 g/mol. The van der Waals surface area contributed by atoms with Crippen LogP contribution in [0, 0.1) is 0 Å². The van der Waals surface area contributed by atoms with Gasteiger partial charge in [-0.25, -0.2) is 0 Å². The zero-order chi connectivity index (χ0) is 18.7. The lowest BCUT2D eigenvalue weighted by Crippen LogP contribution is -2.46. The number of nitrogens with zero attached hydrogens (tertiary/aromatic N) is 1. The van der Waals surface area contributed by atoms with E-state index in [4.69, 9.17) is 0 Å². The molecule has 1 N–H and O–H groups in total. The molecule has 2 aromatic carbocycles. The fourth-order valence-corrected chi connectivity index (χ4v) is 3.37. The molecule has 2 amide bonds. The predicted octanol–water partition coefficient (Wildman–Crippen LogP) is 1.89. The molecule has 0 saturated carbocycles. The first-order valence-corrected chi connectivity index (χ1v) is 8.30. The third kappa shape index (κ3) is 3.18. The van der Waals surface area contributed by atoms with E-state index in [9.17, 15) is 14.4 Å². The first-order chi connectivity index (χ1) is 12.5. The molecule has 1 heterocycles. The number of hydrogen-bond donors (Lipinski definition) is 1. The summed E-state index contributed by atoms with van der Waals surface area (Å²) in [6, 6.07) is 16.0. The van der Waals surface area contributed by atoms with Gasteiger partial charge in [-0.15, -0.1) is 0 Å². The summed E-state index contributed by atoms with van der Waals surface area (Å²) in [5.41, 5.74) is 2.02. The minimum atomic E-state index is -0.624. The van der Waals surface area contributed by atoms with Crippen molar-refractivity contribution in [3.8, 4) is 0 Å². The van der Waals surface area contributed by atoms with Gasteiger partial charge < -0.3 is 15.0 Å². The third-order valence-electron chi connectivity index (χ3n) is 4.64. The Bertz CT molecular complexity index is 835. The molecule has 3 rings (SSSR count). The van der Waals surface area contributed by atoms with Crippen molar-refractivity contribution in [2.75, 3.05) is 20.7 Å². The molecule has 0 aliphatic carbocycles. The fourth-order valence-electron chi connectivity index (χ4n) is 3.37. The van der Waals surface area contributed by atoms with Crippen molar-refractivity contribution < 1.29 is 19.1 Å². The highest BCUT2D eigenvalue weighted by atomic mass is 16.5. The second kappa shape index (κ2) is 7.39. The first kappa shape index (κ1) is 17.7. The average molecular weight is 352 g/mol.